The molecule has 2 aromatic rings. The minimum atomic E-state index is -0.128. The molecule has 2 rings (SSSR count). The molecule has 0 aliphatic heterocycles. The number of halogens is 2. The van der Waals surface area contributed by atoms with E-state index in [1.807, 2.05) is 44.4 Å². The fourth-order valence-electron chi connectivity index (χ4n) is 2.40. The number of likely N-dealkylation sites (N-methyl/N-ethyl adjacent to an activating group) is 1. The molecule has 1 N–H and O–H groups in total. The number of hydrogen-bond acceptors (Lipinski definition) is 3. The zero-order valence-corrected chi connectivity index (χ0v) is 16.8. The average molecular weight is 459 g/mol. The SMILES string of the molecule is COc1cccc(C(CNC(=O)c2cc(Cl)ccc2I)N(C)C)c1. The molecule has 0 saturated heterocycles. The number of rotatable bonds is 6. The van der Waals surface area contributed by atoms with Gasteiger partial charge in [-0.15, -0.1) is 0 Å². The molecule has 1 amide bonds. The molecule has 128 valence electrons. The predicted octanol–water partition coefficient (Wildman–Crippen LogP) is 3.99. The molecule has 0 heterocycles. The third-order valence-corrected chi connectivity index (χ3v) is 4.91. The molecular weight excluding hydrogens is 439 g/mol. The van der Waals surface area contributed by atoms with Crippen LogP contribution in [-0.2, 0) is 0 Å². The van der Waals surface area contributed by atoms with Gasteiger partial charge >= 0.3 is 0 Å². The van der Waals surface area contributed by atoms with Crippen molar-refractivity contribution >= 4 is 40.1 Å². The molecule has 0 aromatic heterocycles. The van der Waals surface area contributed by atoms with E-state index < -0.39 is 0 Å². The van der Waals surface area contributed by atoms with E-state index in [1.165, 1.54) is 0 Å². The smallest absolute Gasteiger partial charge is 0.252 e. The van der Waals surface area contributed by atoms with Crippen LogP contribution in [0, 0.1) is 3.57 Å². The molecule has 2 aromatic carbocycles. The van der Waals surface area contributed by atoms with Crippen molar-refractivity contribution in [1.82, 2.24) is 10.2 Å². The Labute approximate surface area is 161 Å². The van der Waals surface area contributed by atoms with Crippen LogP contribution in [0.25, 0.3) is 0 Å². The zero-order valence-electron chi connectivity index (χ0n) is 13.8. The van der Waals surface area contributed by atoms with Crippen molar-refractivity contribution in [2.45, 2.75) is 6.04 Å². The normalized spacial score (nSPS) is 12.1. The Morgan fingerprint density at radius 3 is 2.71 bits per heavy atom. The van der Waals surface area contributed by atoms with E-state index in [-0.39, 0.29) is 11.9 Å². The lowest BCUT2D eigenvalue weighted by Crippen LogP contribution is -2.34. The molecule has 0 aliphatic carbocycles. The standard InChI is InChI=1S/C18H20ClIN2O2/c1-22(2)17(12-5-4-6-14(9-12)24-3)11-21-18(23)15-10-13(19)7-8-16(15)20/h4-10,17H,11H2,1-3H3,(H,21,23). The number of ether oxygens (including phenoxy) is 1. The van der Waals surface area contributed by atoms with Crippen LogP contribution >= 0.6 is 34.2 Å². The summed E-state index contributed by atoms with van der Waals surface area (Å²) in [7, 11) is 5.62. The number of nitrogens with one attached hydrogen (secondary N) is 1. The minimum Gasteiger partial charge on any atom is -0.497 e. The van der Waals surface area contributed by atoms with Crippen LogP contribution in [0.2, 0.25) is 5.02 Å². The van der Waals surface area contributed by atoms with Crippen LogP contribution in [0.4, 0.5) is 0 Å². The van der Waals surface area contributed by atoms with Crippen molar-refractivity contribution < 1.29 is 9.53 Å². The summed E-state index contributed by atoms with van der Waals surface area (Å²) in [4.78, 5) is 14.5. The molecule has 24 heavy (non-hydrogen) atoms. The van der Waals surface area contributed by atoms with Gasteiger partial charge in [0.05, 0.1) is 18.7 Å². The number of nitrogens with zero attached hydrogens (tertiary/aromatic N) is 1. The molecule has 1 atom stereocenters. The Kier molecular flexibility index (Phi) is 6.89. The Morgan fingerprint density at radius 2 is 2.04 bits per heavy atom. The monoisotopic (exact) mass is 458 g/mol. The van der Waals surface area contributed by atoms with E-state index in [2.05, 4.69) is 32.8 Å². The third-order valence-electron chi connectivity index (χ3n) is 3.73. The van der Waals surface area contributed by atoms with Gasteiger partial charge in [0.1, 0.15) is 5.75 Å². The van der Waals surface area contributed by atoms with Crippen molar-refractivity contribution in [3.8, 4) is 5.75 Å². The maximum absolute atomic E-state index is 12.5. The third kappa shape index (κ3) is 4.84. The largest absolute Gasteiger partial charge is 0.497 e. The topological polar surface area (TPSA) is 41.6 Å². The summed E-state index contributed by atoms with van der Waals surface area (Å²) >= 11 is 8.13. The summed E-state index contributed by atoms with van der Waals surface area (Å²) in [5, 5.41) is 3.55. The van der Waals surface area contributed by atoms with Crippen LogP contribution < -0.4 is 10.1 Å². The molecule has 0 fully saturated rings. The van der Waals surface area contributed by atoms with Gasteiger partial charge in [-0.25, -0.2) is 0 Å². The molecule has 1 unspecified atom stereocenters. The highest BCUT2D eigenvalue weighted by Crippen LogP contribution is 2.23. The van der Waals surface area contributed by atoms with Crippen LogP contribution in [0.1, 0.15) is 22.0 Å². The summed E-state index contributed by atoms with van der Waals surface area (Å²) in [5.41, 5.74) is 1.67. The van der Waals surface area contributed by atoms with Crippen molar-refractivity contribution in [2.24, 2.45) is 0 Å². The van der Waals surface area contributed by atoms with Crippen LogP contribution in [-0.4, -0.2) is 38.6 Å². The van der Waals surface area contributed by atoms with Gasteiger partial charge in [0.2, 0.25) is 0 Å². The maximum atomic E-state index is 12.5. The fraction of sp³-hybridized carbons (Fsp3) is 0.278. The first-order valence-electron chi connectivity index (χ1n) is 7.46. The summed E-state index contributed by atoms with van der Waals surface area (Å²) < 4.78 is 6.16. The Morgan fingerprint density at radius 1 is 1.29 bits per heavy atom. The van der Waals surface area contributed by atoms with E-state index in [0.29, 0.717) is 17.1 Å². The first kappa shape index (κ1) is 19.0. The molecule has 0 bridgehead atoms. The van der Waals surface area contributed by atoms with Gasteiger partial charge in [-0.2, -0.15) is 0 Å². The number of benzene rings is 2. The van der Waals surface area contributed by atoms with Gasteiger partial charge in [-0.05, 0) is 72.6 Å². The summed E-state index contributed by atoms with van der Waals surface area (Å²) in [6.07, 6.45) is 0. The number of methoxy groups -OCH3 is 1. The molecule has 0 saturated carbocycles. The summed E-state index contributed by atoms with van der Waals surface area (Å²) in [6, 6.07) is 13.2. The number of hydrogen-bond donors (Lipinski definition) is 1. The van der Waals surface area contributed by atoms with E-state index in [0.717, 1.165) is 14.9 Å². The summed E-state index contributed by atoms with van der Waals surface area (Å²) in [5.74, 6) is 0.673. The maximum Gasteiger partial charge on any atom is 0.252 e. The first-order chi connectivity index (χ1) is 11.4. The summed E-state index contributed by atoms with van der Waals surface area (Å²) in [6.45, 7) is 0.488. The minimum absolute atomic E-state index is 0.0425. The van der Waals surface area contributed by atoms with E-state index in [4.69, 9.17) is 16.3 Å². The Balaban J connectivity index is 2.14. The number of carbonyl (C=O) groups is 1. The lowest BCUT2D eigenvalue weighted by molar-refractivity contribution is 0.0941. The van der Waals surface area contributed by atoms with Crippen molar-refractivity contribution in [3.63, 3.8) is 0 Å². The van der Waals surface area contributed by atoms with Gasteiger partial charge in [-0.3, -0.25) is 4.79 Å². The second-order valence-corrected chi connectivity index (χ2v) is 7.19. The van der Waals surface area contributed by atoms with Crippen LogP contribution in [0.3, 0.4) is 0 Å². The van der Waals surface area contributed by atoms with Crippen molar-refractivity contribution in [3.05, 3.63) is 62.2 Å². The number of carbonyl (C=O) groups excluding carboxylic acids is 1. The van der Waals surface area contributed by atoms with Crippen molar-refractivity contribution in [1.29, 1.82) is 0 Å². The molecule has 0 spiro atoms. The molecule has 6 heteroatoms. The van der Waals surface area contributed by atoms with Gasteiger partial charge in [0.15, 0.2) is 0 Å². The first-order valence-corrected chi connectivity index (χ1v) is 8.91. The lowest BCUT2D eigenvalue weighted by Gasteiger charge is -2.25. The molecule has 4 nitrogen and oxygen atoms in total. The quantitative estimate of drug-likeness (QED) is 0.666. The average Bonchev–Trinajstić information content (AvgIpc) is 2.57. The van der Waals surface area contributed by atoms with Crippen molar-refractivity contribution in [2.75, 3.05) is 27.7 Å². The Hall–Kier alpha value is -1.31. The van der Waals surface area contributed by atoms with E-state index >= 15 is 0 Å². The van der Waals surface area contributed by atoms with Crippen LogP contribution in [0.5, 0.6) is 5.75 Å². The van der Waals surface area contributed by atoms with E-state index in [1.54, 1.807) is 19.2 Å². The van der Waals surface area contributed by atoms with Gasteiger partial charge in [0.25, 0.3) is 5.91 Å². The predicted molar refractivity (Wildman–Crippen MR) is 106 cm³/mol. The van der Waals surface area contributed by atoms with E-state index in [9.17, 15) is 4.79 Å². The van der Waals surface area contributed by atoms with Gasteiger partial charge < -0.3 is 15.0 Å². The second-order valence-electron chi connectivity index (χ2n) is 5.59. The van der Waals surface area contributed by atoms with Crippen LogP contribution in [0.15, 0.2) is 42.5 Å². The highest BCUT2D eigenvalue weighted by molar-refractivity contribution is 14.1. The highest BCUT2D eigenvalue weighted by atomic mass is 127. The fourth-order valence-corrected chi connectivity index (χ4v) is 3.16. The van der Waals surface area contributed by atoms with Gasteiger partial charge in [-0.1, -0.05) is 23.7 Å². The van der Waals surface area contributed by atoms with Gasteiger partial charge in [0, 0.05) is 15.1 Å². The molecular formula is C18H20ClIN2O2. The molecule has 0 radical (unpaired) electrons. The Bertz CT molecular complexity index is 722. The zero-order chi connectivity index (χ0) is 17.7. The lowest BCUT2D eigenvalue weighted by atomic mass is 10.1. The molecule has 0 aliphatic rings. The second kappa shape index (κ2) is 8.69. The highest BCUT2D eigenvalue weighted by Gasteiger charge is 2.17. The number of amides is 1.